The molecule has 1 aromatic rings. The Kier molecular flexibility index (Phi) is 15.7. The summed E-state index contributed by atoms with van der Waals surface area (Å²) in [6, 6.07) is 8.36. The van der Waals surface area contributed by atoms with Gasteiger partial charge < -0.3 is 5.11 Å². The zero-order chi connectivity index (χ0) is 16.0. The molecule has 0 heterocycles. The number of rotatable bonds is 13. The smallest absolute Gasteiger partial charge is 0.867 e. The Morgan fingerprint density at radius 2 is 1.22 bits per heavy atom. The van der Waals surface area contributed by atoms with Crippen LogP contribution in [0.2, 0.25) is 0 Å². The first-order valence-electron chi connectivity index (χ1n) is 9.00. The maximum absolute atomic E-state index is 10.9. The summed E-state index contributed by atoms with van der Waals surface area (Å²) < 4.78 is 0. The fraction of sp³-hybridized carbons (Fsp3) is 0.650. The van der Waals surface area contributed by atoms with Crippen LogP contribution in [-0.4, -0.2) is 5.05 Å². The predicted octanol–water partition coefficient (Wildman–Crippen LogP) is 2.38. The molecule has 0 spiro atoms. The van der Waals surface area contributed by atoms with Gasteiger partial charge in [0, 0.05) is 0 Å². The minimum absolute atomic E-state index is 0. The second kappa shape index (κ2) is 15.6. The molecule has 124 valence electrons. The minimum atomic E-state index is -0.178. The Morgan fingerprint density at radius 1 is 0.783 bits per heavy atom. The Bertz CT molecular complexity index is 403. The summed E-state index contributed by atoms with van der Waals surface area (Å²) in [4.78, 5) is 0. The van der Waals surface area contributed by atoms with Gasteiger partial charge in [-0.3, -0.25) is 0 Å². The van der Waals surface area contributed by atoms with E-state index in [9.17, 15) is 5.11 Å². The largest absolute Gasteiger partial charge is 1.00 e. The van der Waals surface area contributed by atoms with Gasteiger partial charge in [-0.25, -0.2) is 0 Å². The Balaban J connectivity index is 0.00000484. The Labute approximate surface area is 170 Å². The van der Waals surface area contributed by atoms with Crippen LogP contribution in [0, 0.1) is 0 Å². The van der Waals surface area contributed by atoms with E-state index in [-0.39, 0.29) is 34.6 Å². The molecule has 1 nitrogen and oxygen atoms in total. The third-order valence-electron chi connectivity index (χ3n) is 4.19. The first-order chi connectivity index (χ1) is 10.7. The van der Waals surface area contributed by atoms with Crippen molar-refractivity contribution in [3.05, 3.63) is 35.4 Å². The summed E-state index contributed by atoms with van der Waals surface area (Å²) >= 11 is 4.60. The van der Waals surface area contributed by atoms with Crippen molar-refractivity contribution < 1.29 is 34.7 Å². The molecule has 0 aliphatic heterocycles. The van der Waals surface area contributed by atoms with Gasteiger partial charge in [-0.2, -0.15) is 0 Å². The van der Waals surface area contributed by atoms with E-state index in [0.717, 1.165) is 12.0 Å². The summed E-state index contributed by atoms with van der Waals surface area (Å²) in [6.07, 6.45) is 15.3. The van der Waals surface area contributed by atoms with E-state index in [0.29, 0.717) is 6.42 Å². The summed E-state index contributed by atoms with van der Waals surface area (Å²) in [6.45, 7) is 2.27. The molecule has 0 fully saturated rings. The quantitative estimate of drug-likeness (QED) is 0.312. The fourth-order valence-electron chi connectivity index (χ4n) is 2.81. The van der Waals surface area contributed by atoms with Gasteiger partial charge in [-0.15, -0.1) is 12.2 Å². The number of thiocarbonyl (C=S) groups is 1. The molecule has 0 amide bonds. The molecule has 0 aliphatic rings. The molecule has 0 radical (unpaired) electrons. The van der Waals surface area contributed by atoms with Crippen molar-refractivity contribution in [1.29, 1.82) is 0 Å². The average molecular weight is 343 g/mol. The van der Waals surface area contributed by atoms with E-state index in [1.165, 1.54) is 69.8 Å². The van der Waals surface area contributed by atoms with Gasteiger partial charge in [0.25, 0.3) is 0 Å². The molecule has 0 bridgehead atoms. The van der Waals surface area contributed by atoms with Gasteiger partial charge in [0.2, 0.25) is 0 Å². The van der Waals surface area contributed by atoms with E-state index in [1.54, 1.807) is 0 Å². The summed E-state index contributed by atoms with van der Waals surface area (Å²) in [7, 11) is 0. The zero-order valence-corrected chi connectivity index (χ0v) is 17.9. The van der Waals surface area contributed by atoms with Crippen LogP contribution in [0.1, 0.15) is 82.3 Å². The molecule has 1 rings (SSSR count). The summed E-state index contributed by atoms with van der Waals surface area (Å²) in [5.74, 6) is 0. The molecule has 3 heteroatoms. The molecule has 0 N–H and O–H groups in total. The normalized spacial score (nSPS) is 10.3. The van der Waals surface area contributed by atoms with Gasteiger partial charge in [-0.1, -0.05) is 94.0 Å². The third-order valence-corrected chi connectivity index (χ3v) is 4.33. The number of hydrogen-bond donors (Lipinski definition) is 0. The van der Waals surface area contributed by atoms with E-state index >= 15 is 0 Å². The summed E-state index contributed by atoms with van der Waals surface area (Å²) in [5.41, 5.74) is 2.41. The number of benzene rings is 1. The summed E-state index contributed by atoms with van der Waals surface area (Å²) in [5, 5.41) is 10.7. The molecule has 0 atom stereocenters. The van der Waals surface area contributed by atoms with Crippen molar-refractivity contribution >= 4 is 17.3 Å². The Hall–Kier alpha value is 0.110. The molecular formula is C20H31NaOS. The van der Waals surface area contributed by atoms with Gasteiger partial charge >= 0.3 is 29.6 Å². The van der Waals surface area contributed by atoms with Crippen molar-refractivity contribution in [2.24, 2.45) is 0 Å². The molecule has 0 aromatic heterocycles. The molecule has 23 heavy (non-hydrogen) atoms. The number of unbranched alkanes of at least 4 members (excludes halogenated alkanes) is 9. The van der Waals surface area contributed by atoms with E-state index in [4.69, 9.17) is 0 Å². The maximum Gasteiger partial charge on any atom is 1.00 e. The topological polar surface area (TPSA) is 23.1 Å². The zero-order valence-electron chi connectivity index (χ0n) is 15.1. The first-order valence-corrected chi connectivity index (χ1v) is 9.41. The van der Waals surface area contributed by atoms with E-state index in [2.05, 4.69) is 31.3 Å². The van der Waals surface area contributed by atoms with Gasteiger partial charge in [-0.05, 0) is 30.4 Å². The minimum Gasteiger partial charge on any atom is -0.867 e. The Morgan fingerprint density at radius 3 is 1.70 bits per heavy atom. The van der Waals surface area contributed by atoms with Gasteiger partial charge in [0.15, 0.2) is 0 Å². The van der Waals surface area contributed by atoms with Crippen LogP contribution in [-0.2, 0) is 12.8 Å². The average Bonchev–Trinajstić information content (AvgIpc) is 2.50. The number of hydrogen-bond acceptors (Lipinski definition) is 2. The van der Waals surface area contributed by atoms with Crippen LogP contribution in [0.5, 0.6) is 0 Å². The molecule has 0 aliphatic carbocycles. The maximum atomic E-state index is 10.9. The van der Waals surface area contributed by atoms with Crippen molar-refractivity contribution in [2.45, 2.75) is 84.0 Å². The fourth-order valence-corrected chi connectivity index (χ4v) is 2.97. The van der Waals surface area contributed by atoms with Crippen molar-refractivity contribution in [2.75, 3.05) is 0 Å². The molecule has 0 saturated heterocycles. The monoisotopic (exact) mass is 342 g/mol. The second-order valence-corrected chi connectivity index (χ2v) is 6.75. The predicted molar refractivity (Wildman–Crippen MR) is 98.3 cm³/mol. The van der Waals surface area contributed by atoms with Crippen LogP contribution in [0.4, 0.5) is 0 Å². The van der Waals surface area contributed by atoms with Crippen molar-refractivity contribution in [1.82, 2.24) is 0 Å². The van der Waals surface area contributed by atoms with Crippen LogP contribution in [0.15, 0.2) is 24.3 Å². The van der Waals surface area contributed by atoms with Crippen molar-refractivity contribution in [3.63, 3.8) is 0 Å². The third kappa shape index (κ3) is 13.1. The van der Waals surface area contributed by atoms with Gasteiger partial charge in [0.1, 0.15) is 0 Å². The van der Waals surface area contributed by atoms with E-state index in [1.807, 2.05) is 12.1 Å². The molecular weight excluding hydrogens is 311 g/mol. The SMILES string of the molecule is CCCCCCCCCCCCc1ccc(CC([O-])=S)cc1.[Na+]. The van der Waals surface area contributed by atoms with Crippen LogP contribution < -0.4 is 34.7 Å². The van der Waals surface area contributed by atoms with Crippen molar-refractivity contribution in [3.8, 4) is 0 Å². The molecule has 0 unspecified atom stereocenters. The van der Waals surface area contributed by atoms with Crippen LogP contribution in [0.3, 0.4) is 0 Å². The standard InChI is InChI=1S/C20H32OS.Na/c1-2-3-4-5-6-7-8-9-10-11-12-18-13-15-19(16-14-18)17-20(21)22;/h13-16H,2-12,17H2,1H3,(H,21,22);/q;+1/p-1. The van der Waals surface area contributed by atoms with Crippen LogP contribution in [0.25, 0.3) is 0 Å². The first kappa shape index (κ1) is 23.1. The van der Waals surface area contributed by atoms with Crippen LogP contribution >= 0.6 is 12.2 Å². The van der Waals surface area contributed by atoms with E-state index < -0.39 is 0 Å². The molecule has 1 aromatic carbocycles. The molecule has 0 saturated carbocycles. The van der Waals surface area contributed by atoms with Gasteiger partial charge in [0.05, 0.1) is 0 Å². The number of aryl methyl sites for hydroxylation is 1. The second-order valence-electron chi connectivity index (χ2n) is 6.30.